The number of carbonyl (C=O) groups is 3. The molecule has 3 heterocycles. The maximum absolute atomic E-state index is 13.9. The van der Waals surface area contributed by atoms with E-state index in [-0.39, 0.29) is 23.6 Å². The Hall–Kier alpha value is -3.70. The zero-order chi connectivity index (χ0) is 24.1. The van der Waals surface area contributed by atoms with Gasteiger partial charge in [0.25, 0.3) is 0 Å². The van der Waals surface area contributed by atoms with Crippen molar-refractivity contribution < 1.29 is 14.4 Å². The van der Waals surface area contributed by atoms with Gasteiger partial charge in [-0.05, 0) is 47.9 Å². The molecule has 0 aliphatic carbocycles. The first-order chi connectivity index (χ1) is 17.0. The maximum atomic E-state index is 13.9. The first-order valence-corrected chi connectivity index (χ1v) is 12.2. The van der Waals surface area contributed by atoms with Gasteiger partial charge in [-0.2, -0.15) is 0 Å². The van der Waals surface area contributed by atoms with Crippen molar-refractivity contribution in [3.05, 3.63) is 107 Å². The van der Waals surface area contributed by atoms with Gasteiger partial charge in [-0.15, -0.1) is 0 Å². The zero-order valence-electron chi connectivity index (χ0n) is 18.9. The number of halogens is 1. The predicted molar refractivity (Wildman–Crippen MR) is 135 cm³/mol. The molecule has 174 valence electrons. The topological polar surface area (TPSA) is 57.7 Å². The van der Waals surface area contributed by atoms with Crippen LogP contribution in [0.4, 0.5) is 5.69 Å². The molecule has 4 atom stereocenters. The number of para-hydroxylation sites is 1. The molecule has 2 saturated heterocycles. The Morgan fingerprint density at radius 3 is 2.29 bits per heavy atom. The van der Waals surface area contributed by atoms with Crippen LogP contribution in [0.15, 0.2) is 84.9 Å². The van der Waals surface area contributed by atoms with E-state index in [0.29, 0.717) is 23.6 Å². The number of carbonyl (C=O) groups excluding carboxylic acids is 3. The Labute approximate surface area is 208 Å². The molecule has 0 aromatic heterocycles. The van der Waals surface area contributed by atoms with Gasteiger partial charge in [0, 0.05) is 22.8 Å². The summed E-state index contributed by atoms with van der Waals surface area (Å²) in [6, 6.07) is 23.2. The summed E-state index contributed by atoms with van der Waals surface area (Å²) >= 11 is 6.05. The molecule has 35 heavy (non-hydrogen) atoms. The largest absolute Gasteiger partial charge is 0.352 e. The highest BCUT2D eigenvalue weighted by molar-refractivity contribution is 6.30. The lowest BCUT2D eigenvalue weighted by Crippen LogP contribution is -2.49. The lowest BCUT2D eigenvalue weighted by molar-refractivity contribution is -0.140. The number of benzene rings is 3. The van der Waals surface area contributed by atoms with Gasteiger partial charge in [-0.1, -0.05) is 72.3 Å². The normalized spacial score (nSPS) is 24.4. The lowest BCUT2D eigenvalue weighted by atomic mass is 9.86. The van der Waals surface area contributed by atoms with E-state index in [1.54, 1.807) is 24.3 Å². The molecule has 5 nitrogen and oxygen atoms in total. The van der Waals surface area contributed by atoms with Crippen molar-refractivity contribution >= 4 is 41.0 Å². The minimum Gasteiger partial charge on any atom is -0.352 e. The molecule has 0 radical (unpaired) electrons. The molecule has 6 heteroatoms. The van der Waals surface area contributed by atoms with E-state index in [1.807, 2.05) is 71.6 Å². The second-order valence-electron chi connectivity index (χ2n) is 9.25. The molecule has 6 rings (SSSR count). The summed E-state index contributed by atoms with van der Waals surface area (Å²) in [6.45, 7) is 0.309. The van der Waals surface area contributed by atoms with Crippen LogP contribution < -0.4 is 4.90 Å². The Morgan fingerprint density at radius 1 is 0.829 bits per heavy atom. The quantitative estimate of drug-likeness (QED) is 0.392. The zero-order valence-corrected chi connectivity index (χ0v) is 19.6. The number of amides is 2. The van der Waals surface area contributed by atoms with Gasteiger partial charge < -0.3 is 4.90 Å². The average molecular weight is 483 g/mol. The molecule has 2 fully saturated rings. The summed E-state index contributed by atoms with van der Waals surface area (Å²) in [5.74, 6) is -1.95. The molecule has 3 aliphatic rings. The molecule has 0 unspecified atom stereocenters. The van der Waals surface area contributed by atoms with Crippen molar-refractivity contribution in [2.24, 2.45) is 11.8 Å². The second-order valence-corrected chi connectivity index (χ2v) is 9.68. The van der Waals surface area contributed by atoms with Gasteiger partial charge in [-0.25, -0.2) is 0 Å². The van der Waals surface area contributed by atoms with Crippen molar-refractivity contribution in [1.82, 2.24) is 4.90 Å². The number of fused-ring (bicyclic) bond motifs is 5. The number of rotatable bonds is 5. The number of Topliss-reactive ketones (excluding diaryl/α,β-unsaturated/α-hetero) is 1. The summed E-state index contributed by atoms with van der Waals surface area (Å²) in [5, 5.41) is 0.536. The summed E-state index contributed by atoms with van der Waals surface area (Å²) in [5.41, 5.74) is 3.39. The van der Waals surface area contributed by atoms with Crippen molar-refractivity contribution in [3.8, 4) is 0 Å². The van der Waals surface area contributed by atoms with Crippen LogP contribution in [0.25, 0.3) is 6.08 Å². The van der Waals surface area contributed by atoms with E-state index < -0.39 is 17.9 Å². The third kappa shape index (κ3) is 3.50. The van der Waals surface area contributed by atoms with E-state index in [1.165, 1.54) is 4.90 Å². The molecule has 3 aromatic carbocycles. The monoisotopic (exact) mass is 482 g/mol. The van der Waals surface area contributed by atoms with E-state index in [2.05, 4.69) is 0 Å². The Kier molecular flexibility index (Phi) is 5.30. The van der Waals surface area contributed by atoms with Gasteiger partial charge in [0.2, 0.25) is 11.8 Å². The second kappa shape index (κ2) is 8.51. The van der Waals surface area contributed by atoms with Crippen LogP contribution in [-0.4, -0.2) is 41.1 Å². The molecular formula is C29H23ClN2O3. The summed E-state index contributed by atoms with van der Waals surface area (Å²) in [6.07, 6.45) is 4.55. The van der Waals surface area contributed by atoms with E-state index >= 15 is 0 Å². The number of hydrogen-bond acceptors (Lipinski definition) is 4. The highest BCUT2D eigenvalue weighted by atomic mass is 35.5. The van der Waals surface area contributed by atoms with Crippen molar-refractivity contribution in [1.29, 1.82) is 0 Å². The van der Waals surface area contributed by atoms with Crippen molar-refractivity contribution in [2.45, 2.75) is 18.5 Å². The standard InChI is InChI=1S/C29H23ClN2O3/c30-21-13-10-20(11-14-21)27(33)26-25-24(23-15-12-19-8-4-5-9-22(19)32(23)26)28(34)31(29(25)35)17-16-18-6-2-1-3-7-18/h1-15,23-26H,16-17H2/t23-,24+,25-,26+/m1/s1. The van der Waals surface area contributed by atoms with Gasteiger partial charge in [0.15, 0.2) is 5.78 Å². The van der Waals surface area contributed by atoms with Crippen molar-refractivity contribution in [3.63, 3.8) is 0 Å². The number of ketones is 1. The molecule has 3 aromatic rings. The summed E-state index contributed by atoms with van der Waals surface area (Å²) in [4.78, 5) is 44.7. The van der Waals surface area contributed by atoms with Gasteiger partial charge in [0.1, 0.15) is 6.04 Å². The molecule has 3 aliphatic heterocycles. The van der Waals surface area contributed by atoms with Crippen LogP contribution in [0.2, 0.25) is 5.02 Å². The van der Waals surface area contributed by atoms with Crippen LogP contribution in [-0.2, 0) is 16.0 Å². The highest BCUT2D eigenvalue weighted by Crippen LogP contribution is 2.49. The smallest absolute Gasteiger partial charge is 0.235 e. The fourth-order valence-corrected chi connectivity index (χ4v) is 5.89. The summed E-state index contributed by atoms with van der Waals surface area (Å²) < 4.78 is 0. The lowest BCUT2D eigenvalue weighted by Gasteiger charge is -2.36. The highest BCUT2D eigenvalue weighted by Gasteiger charge is 2.63. The fourth-order valence-electron chi connectivity index (χ4n) is 5.77. The Bertz CT molecular complexity index is 1350. The SMILES string of the molecule is O=C(c1ccc(Cl)cc1)[C@@H]1[C@@H]2C(=O)N(CCc3ccccc3)C(=O)[C@H]2[C@H]2C=Cc3ccccc3N21. The number of nitrogens with zero attached hydrogens (tertiary/aromatic N) is 2. The number of likely N-dealkylation sites (tertiary alicyclic amines) is 1. The number of anilines is 1. The van der Waals surface area contributed by atoms with Crippen LogP contribution >= 0.6 is 11.6 Å². The van der Waals surface area contributed by atoms with Crippen LogP contribution in [0.3, 0.4) is 0 Å². The molecule has 2 amide bonds. The Morgan fingerprint density at radius 2 is 1.51 bits per heavy atom. The minimum absolute atomic E-state index is 0.171. The van der Waals surface area contributed by atoms with E-state index in [0.717, 1.165) is 16.8 Å². The van der Waals surface area contributed by atoms with Crippen LogP contribution in [0, 0.1) is 11.8 Å². The first-order valence-electron chi connectivity index (χ1n) is 11.8. The van der Waals surface area contributed by atoms with E-state index in [9.17, 15) is 14.4 Å². The summed E-state index contributed by atoms with van der Waals surface area (Å²) in [7, 11) is 0. The molecular weight excluding hydrogens is 460 g/mol. The van der Waals surface area contributed by atoms with Crippen LogP contribution in [0.1, 0.15) is 21.5 Å². The fraction of sp³-hybridized carbons (Fsp3) is 0.207. The number of imide groups is 1. The molecule has 0 saturated carbocycles. The van der Waals surface area contributed by atoms with Crippen LogP contribution in [0.5, 0.6) is 0 Å². The third-order valence-corrected chi connectivity index (χ3v) is 7.62. The molecule has 0 spiro atoms. The molecule has 0 N–H and O–H groups in total. The number of hydrogen-bond donors (Lipinski definition) is 0. The maximum Gasteiger partial charge on any atom is 0.235 e. The van der Waals surface area contributed by atoms with Crippen molar-refractivity contribution in [2.75, 3.05) is 11.4 Å². The third-order valence-electron chi connectivity index (χ3n) is 7.37. The Balaban J connectivity index is 1.39. The molecule has 0 bridgehead atoms. The first kappa shape index (κ1) is 21.8. The van der Waals surface area contributed by atoms with Gasteiger partial charge in [-0.3, -0.25) is 19.3 Å². The predicted octanol–water partition coefficient (Wildman–Crippen LogP) is 4.65. The van der Waals surface area contributed by atoms with Gasteiger partial charge >= 0.3 is 0 Å². The van der Waals surface area contributed by atoms with Gasteiger partial charge in [0.05, 0.1) is 17.9 Å². The van der Waals surface area contributed by atoms with E-state index in [4.69, 9.17) is 11.6 Å². The minimum atomic E-state index is -0.768. The average Bonchev–Trinajstić information content (AvgIpc) is 3.36.